The van der Waals surface area contributed by atoms with Crippen molar-refractivity contribution in [1.29, 1.82) is 0 Å². The molecule has 4 heteroatoms. The first kappa shape index (κ1) is 18.8. The summed E-state index contributed by atoms with van der Waals surface area (Å²) in [4.78, 5) is 0. The molecule has 0 unspecified atom stereocenters. The first-order valence-electron chi connectivity index (χ1n) is 10.5. The molecule has 0 aromatic heterocycles. The molecule has 0 radical (unpaired) electrons. The van der Waals surface area contributed by atoms with Gasteiger partial charge in [-0.25, -0.2) is 0 Å². The average molecular weight is 416 g/mol. The topological polar surface area (TPSA) is 21.3 Å². The van der Waals surface area contributed by atoms with E-state index in [4.69, 9.17) is 27.9 Å². The van der Waals surface area contributed by atoms with Crippen LogP contribution >= 0.6 is 23.2 Å². The number of nitrogens with one attached hydrogen (secondary N) is 1. The normalized spacial score (nSPS) is 30.6. The maximum Gasteiger partial charge on any atom is 0.124 e. The van der Waals surface area contributed by atoms with Crippen molar-refractivity contribution in [2.75, 3.05) is 0 Å². The summed E-state index contributed by atoms with van der Waals surface area (Å²) in [5, 5.41) is 5.12. The van der Waals surface area contributed by atoms with Crippen LogP contribution in [-0.4, -0.2) is 5.54 Å². The van der Waals surface area contributed by atoms with Gasteiger partial charge in [-0.15, -0.1) is 0 Å². The lowest BCUT2D eigenvalue weighted by molar-refractivity contribution is -0.0206. The molecule has 2 aromatic carbocycles. The maximum absolute atomic E-state index is 6.15. The Balaban J connectivity index is 1.26. The predicted octanol–water partition coefficient (Wildman–Crippen LogP) is 6.63. The zero-order chi connectivity index (χ0) is 19.1. The molecule has 4 aliphatic rings. The molecule has 0 saturated heterocycles. The smallest absolute Gasteiger partial charge is 0.124 e. The first-order chi connectivity index (χ1) is 13.6. The Morgan fingerprint density at radius 1 is 0.893 bits per heavy atom. The van der Waals surface area contributed by atoms with Crippen molar-refractivity contribution in [3.63, 3.8) is 0 Å². The summed E-state index contributed by atoms with van der Waals surface area (Å²) < 4.78 is 6.15. The van der Waals surface area contributed by atoms with Crippen molar-refractivity contribution in [3.05, 3.63) is 63.6 Å². The summed E-state index contributed by atoms with van der Waals surface area (Å²) in [5.74, 6) is 3.82. The minimum absolute atomic E-state index is 0.367. The van der Waals surface area contributed by atoms with Gasteiger partial charge in [0.1, 0.15) is 12.4 Å². The SMILES string of the molecule is Clc1ccc(COc2ccccc2CNC23CC4CC(CC(C4)C2)C3)cc1Cl. The van der Waals surface area contributed by atoms with E-state index in [1.54, 1.807) is 0 Å². The van der Waals surface area contributed by atoms with Gasteiger partial charge < -0.3 is 10.1 Å². The molecule has 2 aromatic rings. The van der Waals surface area contributed by atoms with Crippen LogP contribution in [0.15, 0.2) is 42.5 Å². The quantitative estimate of drug-likeness (QED) is 0.571. The van der Waals surface area contributed by atoms with Crippen LogP contribution in [-0.2, 0) is 13.2 Å². The molecular formula is C24H27Cl2NO. The monoisotopic (exact) mass is 415 g/mol. The van der Waals surface area contributed by atoms with E-state index in [-0.39, 0.29) is 0 Å². The van der Waals surface area contributed by atoms with Gasteiger partial charge in [0.25, 0.3) is 0 Å². The van der Waals surface area contributed by atoms with E-state index in [1.165, 1.54) is 44.1 Å². The fraction of sp³-hybridized carbons (Fsp3) is 0.500. The minimum atomic E-state index is 0.367. The van der Waals surface area contributed by atoms with Crippen LogP contribution in [0.5, 0.6) is 5.75 Å². The molecule has 4 saturated carbocycles. The van der Waals surface area contributed by atoms with Crippen LogP contribution < -0.4 is 10.1 Å². The van der Waals surface area contributed by atoms with Crippen molar-refractivity contribution in [1.82, 2.24) is 5.32 Å². The van der Waals surface area contributed by atoms with Crippen LogP contribution in [0.2, 0.25) is 10.0 Å². The van der Waals surface area contributed by atoms with Gasteiger partial charge in [0.2, 0.25) is 0 Å². The molecular weight excluding hydrogens is 389 g/mol. The zero-order valence-electron chi connectivity index (χ0n) is 16.1. The number of benzene rings is 2. The summed E-state index contributed by atoms with van der Waals surface area (Å²) in [6, 6.07) is 14.0. The standard InChI is InChI=1S/C24H27Cl2NO/c25-21-6-5-16(10-22(21)26)15-28-23-4-2-1-3-20(23)14-27-24-11-17-7-18(12-24)9-19(8-17)13-24/h1-6,10,17-19,27H,7-9,11-15H2. The van der Waals surface area contributed by atoms with E-state index < -0.39 is 0 Å². The van der Waals surface area contributed by atoms with Crippen molar-refractivity contribution in [2.24, 2.45) is 17.8 Å². The molecule has 0 heterocycles. The molecule has 28 heavy (non-hydrogen) atoms. The lowest BCUT2D eigenvalue weighted by atomic mass is 9.53. The van der Waals surface area contributed by atoms with Gasteiger partial charge >= 0.3 is 0 Å². The highest BCUT2D eigenvalue weighted by Gasteiger charge is 2.50. The fourth-order valence-corrected chi connectivity index (χ4v) is 6.51. The van der Waals surface area contributed by atoms with Gasteiger partial charge in [-0.3, -0.25) is 0 Å². The fourth-order valence-electron chi connectivity index (χ4n) is 6.19. The van der Waals surface area contributed by atoms with Crippen molar-refractivity contribution < 1.29 is 4.74 Å². The van der Waals surface area contributed by atoms with Crippen LogP contribution in [0.4, 0.5) is 0 Å². The highest BCUT2D eigenvalue weighted by Crippen LogP contribution is 2.55. The minimum Gasteiger partial charge on any atom is -0.489 e. The average Bonchev–Trinajstić information content (AvgIpc) is 2.67. The highest BCUT2D eigenvalue weighted by atomic mass is 35.5. The van der Waals surface area contributed by atoms with Crippen molar-refractivity contribution in [3.8, 4) is 5.75 Å². The predicted molar refractivity (Wildman–Crippen MR) is 115 cm³/mol. The first-order valence-corrected chi connectivity index (χ1v) is 11.2. The van der Waals surface area contributed by atoms with E-state index in [2.05, 4.69) is 23.5 Å². The van der Waals surface area contributed by atoms with Gasteiger partial charge in [-0.1, -0.05) is 47.5 Å². The summed E-state index contributed by atoms with van der Waals surface area (Å²) >= 11 is 12.1. The molecule has 148 valence electrons. The number of halogens is 2. The number of hydrogen-bond donors (Lipinski definition) is 1. The van der Waals surface area contributed by atoms with E-state index in [0.717, 1.165) is 35.6 Å². The summed E-state index contributed by atoms with van der Waals surface area (Å²) in [6.45, 7) is 1.37. The summed E-state index contributed by atoms with van der Waals surface area (Å²) in [6.07, 6.45) is 8.53. The molecule has 0 amide bonds. The van der Waals surface area contributed by atoms with Crippen LogP contribution in [0, 0.1) is 17.8 Å². The van der Waals surface area contributed by atoms with Crippen molar-refractivity contribution >= 4 is 23.2 Å². The third-order valence-corrected chi connectivity index (χ3v) is 7.78. The molecule has 2 nitrogen and oxygen atoms in total. The Labute approximate surface area is 177 Å². The molecule has 0 atom stereocenters. The lowest BCUT2D eigenvalue weighted by Gasteiger charge is -2.57. The maximum atomic E-state index is 6.15. The Morgan fingerprint density at radius 2 is 1.57 bits per heavy atom. The third kappa shape index (κ3) is 3.79. The molecule has 0 aliphatic heterocycles. The van der Waals surface area contributed by atoms with E-state index in [0.29, 0.717) is 22.2 Å². The zero-order valence-corrected chi connectivity index (χ0v) is 17.6. The Kier molecular flexibility index (Phi) is 5.07. The second kappa shape index (κ2) is 7.55. The number of ether oxygens (including phenoxy) is 1. The van der Waals surface area contributed by atoms with Gasteiger partial charge in [0.15, 0.2) is 0 Å². The van der Waals surface area contributed by atoms with Crippen molar-refractivity contribution in [2.45, 2.75) is 57.2 Å². The summed E-state index contributed by atoms with van der Waals surface area (Å²) in [7, 11) is 0. The largest absolute Gasteiger partial charge is 0.489 e. The van der Waals surface area contributed by atoms with Gasteiger partial charge in [0, 0.05) is 17.6 Å². The molecule has 0 spiro atoms. The Morgan fingerprint density at radius 3 is 2.25 bits per heavy atom. The van der Waals surface area contributed by atoms with Crippen LogP contribution in [0.25, 0.3) is 0 Å². The second-order valence-electron chi connectivity index (χ2n) is 9.20. The molecule has 6 rings (SSSR count). The summed E-state index contributed by atoms with van der Waals surface area (Å²) in [5.41, 5.74) is 2.63. The second-order valence-corrected chi connectivity index (χ2v) is 10.0. The van der Waals surface area contributed by atoms with Gasteiger partial charge in [-0.2, -0.15) is 0 Å². The van der Waals surface area contributed by atoms with Crippen LogP contribution in [0.1, 0.15) is 49.7 Å². The lowest BCUT2D eigenvalue weighted by Crippen LogP contribution is -2.58. The Bertz CT molecular complexity index is 830. The number of para-hydroxylation sites is 1. The highest BCUT2D eigenvalue weighted by molar-refractivity contribution is 6.42. The van der Waals surface area contributed by atoms with Gasteiger partial charge in [-0.05, 0) is 80.0 Å². The van der Waals surface area contributed by atoms with E-state index in [9.17, 15) is 0 Å². The van der Waals surface area contributed by atoms with Gasteiger partial charge in [0.05, 0.1) is 10.0 Å². The molecule has 4 bridgehead atoms. The van der Waals surface area contributed by atoms with E-state index in [1.807, 2.05) is 24.3 Å². The van der Waals surface area contributed by atoms with Crippen LogP contribution in [0.3, 0.4) is 0 Å². The molecule has 4 aliphatic carbocycles. The Hall–Kier alpha value is -1.22. The third-order valence-electron chi connectivity index (χ3n) is 7.04. The number of hydrogen-bond acceptors (Lipinski definition) is 2. The molecule has 1 N–H and O–H groups in total. The number of rotatable bonds is 6. The van der Waals surface area contributed by atoms with E-state index >= 15 is 0 Å². The molecule has 4 fully saturated rings.